The van der Waals surface area contributed by atoms with E-state index in [4.69, 9.17) is 4.74 Å². The van der Waals surface area contributed by atoms with Crippen molar-refractivity contribution in [3.05, 3.63) is 60.2 Å². The van der Waals surface area contributed by atoms with Gasteiger partial charge in [-0.3, -0.25) is 14.5 Å². The lowest BCUT2D eigenvalue weighted by Crippen LogP contribution is -2.46. The fourth-order valence-electron chi connectivity index (χ4n) is 3.38. The van der Waals surface area contributed by atoms with Gasteiger partial charge in [-0.15, -0.1) is 0 Å². The molecule has 0 spiro atoms. The number of likely N-dealkylation sites (tertiary alicyclic amines) is 1. The molecular weight excluding hydrogens is 356 g/mol. The van der Waals surface area contributed by atoms with E-state index in [1.165, 1.54) is 4.90 Å². The number of hydrogen-bond acceptors (Lipinski definition) is 4. The van der Waals surface area contributed by atoms with Gasteiger partial charge >= 0.3 is 0 Å². The highest BCUT2D eigenvalue weighted by atomic mass is 16.5. The summed E-state index contributed by atoms with van der Waals surface area (Å²) in [7, 11) is 1.58. The molecule has 0 aliphatic carbocycles. The van der Waals surface area contributed by atoms with Crippen molar-refractivity contribution in [3.63, 3.8) is 0 Å². The number of ether oxygens (including phenoxy) is 1. The van der Waals surface area contributed by atoms with Crippen LogP contribution in [0.1, 0.15) is 23.2 Å². The monoisotopic (exact) mass is 382 g/mol. The number of carbonyl (C=O) groups excluding carboxylic acids is 2. The maximum atomic E-state index is 13.1. The largest absolute Gasteiger partial charge is 0.497 e. The van der Waals surface area contributed by atoms with Gasteiger partial charge in [0.05, 0.1) is 7.11 Å². The summed E-state index contributed by atoms with van der Waals surface area (Å²) < 4.78 is 5.15. The SMILES string of the molecule is COc1ccc(C(=O)N(CC(=O)N2CCC(CO)CC2)c2ccccc2)cc1. The normalized spacial score (nSPS) is 14.6. The number of carbonyl (C=O) groups is 2. The Hall–Kier alpha value is -2.86. The maximum absolute atomic E-state index is 13.1. The van der Waals surface area contributed by atoms with E-state index >= 15 is 0 Å². The first kappa shape index (κ1) is 19.9. The van der Waals surface area contributed by atoms with Crippen LogP contribution in [-0.2, 0) is 4.79 Å². The number of anilines is 1. The number of aliphatic hydroxyl groups excluding tert-OH is 1. The van der Waals surface area contributed by atoms with Gasteiger partial charge in [0.15, 0.2) is 0 Å². The molecule has 1 aliphatic heterocycles. The van der Waals surface area contributed by atoms with Gasteiger partial charge in [0.25, 0.3) is 5.91 Å². The van der Waals surface area contributed by atoms with Crippen molar-refractivity contribution in [2.45, 2.75) is 12.8 Å². The van der Waals surface area contributed by atoms with Gasteiger partial charge in [-0.25, -0.2) is 0 Å². The van der Waals surface area contributed by atoms with Gasteiger partial charge < -0.3 is 14.7 Å². The van der Waals surface area contributed by atoms with Crippen LogP contribution in [0.15, 0.2) is 54.6 Å². The maximum Gasteiger partial charge on any atom is 0.258 e. The van der Waals surface area contributed by atoms with Gasteiger partial charge in [0.2, 0.25) is 5.91 Å². The minimum atomic E-state index is -0.229. The summed E-state index contributed by atoms with van der Waals surface area (Å²) in [6, 6.07) is 16.1. The molecule has 1 heterocycles. The second-order valence-electron chi connectivity index (χ2n) is 6.96. The molecule has 0 atom stereocenters. The van der Waals surface area contributed by atoms with E-state index in [1.807, 2.05) is 30.3 Å². The number of piperidine rings is 1. The highest BCUT2D eigenvalue weighted by Gasteiger charge is 2.26. The third-order valence-electron chi connectivity index (χ3n) is 5.17. The second kappa shape index (κ2) is 9.37. The Bertz CT molecular complexity index is 784. The summed E-state index contributed by atoms with van der Waals surface area (Å²) in [5.41, 5.74) is 1.18. The number of methoxy groups -OCH3 is 1. The van der Waals surface area contributed by atoms with Crippen molar-refractivity contribution in [2.24, 2.45) is 5.92 Å². The van der Waals surface area contributed by atoms with E-state index in [9.17, 15) is 14.7 Å². The molecule has 1 fully saturated rings. The van der Waals surface area contributed by atoms with Crippen LogP contribution in [0.25, 0.3) is 0 Å². The fourth-order valence-corrected chi connectivity index (χ4v) is 3.38. The van der Waals surface area contributed by atoms with Crippen molar-refractivity contribution >= 4 is 17.5 Å². The smallest absolute Gasteiger partial charge is 0.258 e. The highest BCUT2D eigenvalue weighted by Crippen LogP contribution is 2.21. The van der Waals surface area contributed by atoms with E-state index < -0.39 is 0 Å². The average Bonchev–Trinajstić information content (AvgIpc) is 2.77. The Morgan fingerprint density at radius 2 is 1.71 bits per heavy atom. The van der Waals surface area contributed by atoms with Gasteiger partial charge in [-0.1, -0.05) is 18.2 Å². The third-order valence-corrected chi connectivity index (χ3v) is 5.17. The predicted octanol–water partition coefficient (Wildman–Crippen LogP) is 2.57. The average molecular weight is 382 g/mol. The molecule has 2 aromatic rings. The van der Waals surface area contributed by atoms with E-state index in [0.717, 1.165) is 12.8 Å². The lowest BCUT2D eigenvalue weighted by Gasteiger charge is -2.33. The van der Waals surface area contributed by atoms with E-state index in [1.54, 1.807) is 36.3 Å². The van der Waals surface area contributed by atoms with Crippen LogP contribution in [0.2, 0.25) is 0 Å². The molecule has 3 rings (SSSR count). The summed E-state index contributed by atoms with van der Waals surface area (Å²) in [5.74, 6) is 0.621. The lowest BCUT2D eigenvalue weighted by atomic mass is 9.98. The summed E-state index contributed by atoms with van der Waals surface area (Å²) in [4.78, 5) is 29.3. The van der Waals surface area contributed by atoms with Crippen LogP contribution in [0.5, 0.6) is 5.75 Å². The molecule has 148 valence electrons. The zero-order valence-electron chi connectivity index (χ0n) is 16.1. The Morgan fingerprint density at radius 3 is 2.29 bits per heavy atom. The standard InChI is InChI=1S/C22H26N2O4/c1-28-20-9-7-18(8-10-20)22(27)24(19-5-3-2-4-6-19)15-21(26)23-13-11-17(16-25)12-14-23/h2-10,17,25H,11-16H2,1H3. The molecule has 0 bridgehead atoms. The molecular formula is C22H26N2O4. The van der Waals surface area contributed by atoms with Gasteiger partial charge in [0, 0.05) is 30.9 Å². The van der Waals surface area contributed by atoms with Gasteiger partial charge in [0.1, 0.15) is 12.3 Å². The predicted molar refractivity (Wildman–Crippen MR) is 108 cm³/mol. The summed E-state index contributed by atoms with van der Waals surface area (Å²) in [5, 5.41) is 9.28. The highest BCUT2D eigenvalue weighted by molar-refractivity contribution is 6.08. The number of amides is 2. The Kier molecular flexibility index (Phi) is 6.66. The van der Waals surface area contributed by atoms with Gasteiger partial charge in [-0.2, -0.15) is 0 Å². The quantitative estimate of drug-likeness (QED) is 0.834. The fraction of sp³-hybridized carbons (Fsp3) is 0.364. The van der Waals surface area contributed by atoms with Crippen LogP contribution in [0.3, 0.4) is 0 Å². The summed E-state index contributed by atoms with van der Waals surface area (Å²) in [6.45, 7) is 1.37. The van der Waals surface area contributed by atoms with Crippen molar-refractivity contribution < 1.29 is 19.4 Å². The van der Waals surface area contributed by atoms with Crippen molar-refractivity contribution in [1.29, 1.82) is 0 Å². The van der Waals surface area contributed by atoms with Crippen molar-refractivity contribution in [1.82, 2.24) is 4.90 Å². The van der Waals surface area contributed by atoms with Crippen molar-refractivity contribution in [2.75, 3.05) is 38.3 Å². The first-order chi connectivity index (χ1) is 13.6. The molecule has 6 nitrogen and oxygen atoms in total. The third kappa shape index (κ3) is 4.70. The molecule has 0 saturated carbocycles. The number of nitrogens with zero attached hydrogens (tertiary/aromatic N) is 2. The zero-order valence-corrected chi connectivity index (χ0v) is 16.1. The first-order valence-electron chi connectivity index (χ1n) is 9.52. The molecule has 2 amide bonds. The number of para-hydroxylation sites is 1. The molecule has 28 heavy (non-hydrogen) atoms. The van der Waals surface area contributed by atoms with Crippen LogP contribution >= 0.6 is 0 Å². The summed E-state index contributed by atoms with van der Waals surface area (Å²) >= 11 is 0. The molecule has 1 N–H and O–H groups in total. The molecule has 1 aliphatic rings. The number of aliphatic hydroxyl groups is 1. The zero-order chi connectivity index (χ0) is 19.9. The lowest BCUT2D eigenvalue weighted by molar-refractivity contribution is -0.131. The second-order valence-corrected chi connectivity index (χ2v) is 6.96. The molecule has 1 saturated heterocycles. The van der Waals surface area contributed by atoms with Gasteiger partial charge in [-0.05, 0) is 55.2 Å². The topological polar surface area (TPSA) is 70.1 Å². The Balaban J connectivity index is 1.77. The number of hydrogen-bond donors (Lipinski definition) is 1. The van der Waals surface area contributed by atoms with Crippen LogP contribution in [0, 0.1) is 5.92 Å². The molecule has 2 aromatic carbocycles. The molecule has 6 heteroatoms. The Morgan fingerprint density at radius 1 is 1.07 bits per heavy atom. The van der Waals surface area contributed by atoms with Crippen LogP contribution in [0.4, 0.5) is 5.69 Å². The molecule has 0 aromatic heterocycles. The summed E-state index contributed by atoms with van der Waals surface area (Å²) in [6.07, 6.45) is 1.58. The number of benzene rings is 2. The molecule has 0 unspecified atom stereocenters. The van der Waals surface area contributed by atoms with Crippen LogP contribution < -0.4 is 9.64 Å². The van der Waals surface area contributed by atoms with Crippen molar-refractivity contribution in [3.8, 4) is 5.75 Å². The van der Waals surface area contributed by atoms with E-state index in [2.05, 4.69) is 0 Å². The first-order valence-corrected chi connectivity index (χ1v) is 9.52. The van der Waals surface area contributed by atoms with E-state index in [0.29, 0.717) is 30.1 Å². The molecule has 0 radical (unpaired) electrons. The Labute approximate surface area is 165 Å². The van der Waals surface area contributed by atoms with Crippen LogP contribution in [-0.4, -0.2) is 55.2 Å². The van der Waals surface area contributed by atoms with E-state index in [-0.39, 0.29) is 30.9 Å². The minimum Gasteiger partial charge on any atom is -0.497 e. The number of rotatable bonds is 6. The minimum absolute atomic E-state index is 0.0152.